The van der Waals surface area contributed by atoms with Crippen LogP contribution in [0.4, 0.5) is 0 Å². The van der Waals surface area contributed by atoms with Gasteiger partial charge in [-0.05, 0) is 26.0 Å². The number of ether oxygens (including phenoxy) is 1. The van der Waals surface area contributed by atoms with Crippen molar-refractivity contribution < 1.29 is 9.84 Å². The third kappa shape index (κ3) is 5.20. The molecule has 0 aromatic carbocycles. The monoisotopic (exact) mass is 410 g/mol. The zero-order chi connectivity index (χ0) is 20.0. The Bertz CT molecular complexity index is 651. The molecule has 1 aromatic rings. The summed E-state index contributed by atoms with van der Waals surface area (Å²) in [5.41, 5.74) is -0.135. The maximum absolute atomic E-state index is 10.8. The van der Waals surface area contributed by atoms with E-state index >= 15 is 0 Å². The van der Waals surface area contributed by atoms with Crippen molar-refractivity contribution in [2.45, 2.75) is 31.4 Å². The zero-order valence-electron chi connectivity index (χ0n) is 17.3. The second-order valence-electron chi connectivity index (χ2n) is 7.85. The van der Waals surface area contributed by atoms with Crippen molar-refractivity contribution in [1.29, 1.82) is 0 Å². The number of morpholine rings is 1. The van der Waals surface area contributed by atoms with Crippen molar-refractivity contribution in [3.05, 3.63) is 18.0 Å². The van der Waals surface area contributed by atoms with E-state index in [-0.39, 0.29) is 12.1 Å². The molecule has 9 heteroatoms. The van der Waals surface area contributed by atoms with Crippen LogP contribution in [0.25, 0.3) is 0 Å². The molecule has 2 aliphatic heterocycles. The molecule has 0 spiro atoms. The molecule has 3 heterocycles. The van der Waals surface area contributed by atoms with Gasteiger partial charge in [0.05, 0.1) is 26.0 Å². The van der Waals surface area contributed by atoms with Crippen molar-refractivity contribution in [3.8, 4) is 0 Å². The molecule has 2 unspecified atom stereocenters. The first-order valence-electron chi connectivity index (χ1n) is 10.1. The molecule has 2 saturated heterocycles. The highest BCUT2D eigenvalue weighted by Gasteiger charge is 2.40. The smallest absolute Gasteiger partial charge is 0.191 e. The Kier molecular flexibility index (Phi) is 7.25. The summed E-state index contributed by atoms with van der Waals surface area (Å²) in [5, 5.41) is 21.8. The molecule has 3 N–H and O–H groups in total. The number of aryl methyl sites for hydroxylation is 1. The van der Waals surface area contributed by atoms with Gasteiger partial charge < -0.3 is 20.5 Å². The first-order valence-corrected chi connectivity index (χ1v) is 11.2. The fourth-order valence-electron chi connectivity index (χ4n) is 3.75. The number of hydrogen-bond acceptors (Lipinski definition) is 6. The average molecular weight is 411 g/mol. The fraction of sp³-hybridized carbons (Fsp3) is 0.789. The zero-order valence-corrected chi connectivity index (χ0v) is 18.1. The van der Waals surface area contributed by atoms with Gasteiger partial charge in [0.1, 0.15) is 5.60 Å². The van der Waals surface area contributed by atoms with Gasteiger partial charge in [0.15, 0.2) is 5.96 Å². The predicted molar refractivity (Wildman–Crippen MR) is 114 cm³/mol. The highest BCUT2D eigenvalue weighted by Crippen LogP contribution is 2.33. The van der Waals surface area contributed by atoms with E-state index in [0.29, 0.717) is 0 Å². The molecule has 8 nitrogen and oxygen atoms in total. The number of aliphatic imine (C=N–C) groups is 1. The van der Waals surface area contributed by atoms with Crippen molar-refractivity contribution in [2.75, 3.05) is 57.4 Å². The lowest BCUT2D eigenvalue weighted by Gasteiger charge is -2.43. The predicted octanol–water partition coefficient (Wildman–Crippen LogP) is 0.391. The average Bonchev–Trinajstić information content (AvgIpc) is 3.35. The first-order chi connectivity index (χ1) is 13.5. The van der Waals surface area contributed by atoms with Crippen LogP contribution in [-0.2, 0) is 17.4 Å². The van der Waals surface area contributed by atoms with Gasteiger partial charge in [-0.25, -0.2) is 4.99 Å². The molecule has 158 valence electrons. The minimum atomic E-state index is -1.05. The summed E-state index contributed by atoms with van der Waals surface area (Å²) in [6, 6.07) is 0. The van der Waals surface area contributed by atoms with E-state index in [0.717, 1.165) is 56.7 Å². The molecular weight excluding hydrogens is 376 g/mol. The number of guanidine groups is 1. The minimum absolute atomic E-state index is 0.149. The summed E-state index contributed by atoms with van der Waals surface area (Å²) in [6.07, 6.45) is 4.70. The lowest BCUT2D eigenvalue weighted by atomic mass is 9.95. The lowest BCUT2D eigenvalue weighted by molar-refractivity contribution is -0.0120. The quantitative estimate of drug-likeness (QED) is 0.443. The van der Waals surface area contributed by atoms with E-state index in [4.69, 9.17) is 4.74 Å². The Hall–Kier alpha value is -1.29. The van der Waals surface area contributed by atoms with E-state index in [1.165, 1.54) is 12.2 Å². The van der Waals surface area contributed by atoms with E-state index in [1.54, 1.807) is 17.8 Å². The van der Waals surface area contributed by atoms with Crippen LogP contribution in [-0.4, -0.2) is 88.7 Å². The number of rotatable bonds is 7. The number of hydrogen-bond donors (Lipinski definition) is 3. The van der Waals surface area contributed by atoms with Crippen molar-refractivity contribution >= 4 is 17.7 Å². The molecule has 0 amide bonds. The summed E-state index contributed by atoms with van der Waals surface area (Å²) in [6.45, 7) is 9.34. The van der Waals surface area contributed by atoms with E-state index < -0.39 is 5.60 Å². The van der Waals surface area contributed by atoms with Crippen molar-refractivity contribution in [2.24, 2.45) is 12.0 Å². The number of nitrogens with one attached hydrogen (secondary N) is 2. The molecule has 2 atom stereocenters. The van der Waals surface area contributed by atoms with Crippen LogP contribution in [0.15, 0.2) is 17.4 Å². The molecule has 0 saturated carbocycles. The molecular formula is C19H34N6O2S. The van der Waals surface area contributed by atoms with Crippen molar-refractivity contribution in [3.63, 3.8) is 0 Å². The van der Waals surface area contributed by atoms with Crippen LogP contribution in [0.5, 0.6) is 0 Å². The molecule has 2 aliphatic rings. The molecule has 28 heavy (non-hydrogen) atoms. The summed E-state index contributed by atoms with van der Waals surface area (Å²) >= 11 is 2.02. The maximum Gasteiger partial charge on any atom is 0.191 e. The Balaban J connectivity index is 1.65. The van der Waals surface area contributed by atoms with Gasteiger partial charge in [0, 0.05) is 56.3 Å². The third-order valence-corrected chi connectivity index (χ3v) is 6.80. The highest BCUT2D eigenvalue weighted by molar-refractivity contribution is 7.99. The minimum Gasteiger partial charge on any atom is -0.383 e. The fourth-order valence-corrected chi connectivity index (χ4v) is 5.23. The van der Waals surface area contributed by atoms with E-state index in [9.17, 15) is 5.11 Å². The summed E-state index contributed by atoms with van der Waals surface area (Å²) in [4.78, 5) is 7.25. The SMILES string of the molecule is CCNC(=NCC(C)(O)c1cnn(C)c1)NCC1(N2CCOCC2)CCSC1. The Morgan fingerprint density at radius 2 is 2.21 bits per heavy atom. The first kappa shape index (κ1) is 21.4. The number of nitrogens with zero attached hydrogens (tertiary/aromatic N) is 4. The van der Waals surface area contributed by atoms with Gasteiger partial charge in [-0.1, -0.05) is 0 Å². The van der Waals surface area contributed by atoms with E-state index in [2.05, 4.69) is 32.5 Å². The van der Waals surface area contributed by atoms with E-state index in [1.807, 2.05) is 25.0 Å². The maximum atomic E-state index is 10.8. The molecule has 0 aliphatic carbocycles. The molecule has 0 bridgehead atoms. The number of aromatic nitrogens is 2. The Morgan fingerprint density at radius 3 is 2.82 bits per heavy atom. The molecule has 3 rings (SSSR count). The Labute approximate surface area is 172 Å². The van der Waals surface area contributed by atoms with Gasteiger partial charge in [-0.15, -0.1) is 0 Å². The summed E-state index contributed by atoms with van der Waals surface area (Å²) in [7, 11) is 1.85. The lowest BCUT2D eigenvalue weighted by Crippen LogP contribution is -2.60. The number of thioether (sulfide) groups is 1. The normalized spacial score (nSPS) is 26.2. The van der Waals surface area contributed by atoms with Crippen LogP contribution in [0.3, 0.4) is 0 Å². The second-order valence-corrected chi connectivity index (χ2v) is 8.96. The van der Waals surface area contributed by atoms with Crippen LogP contribution < -0.4 is 10.6 Å². The number of aliphatic hydroxyl groups is 1. The standard InChI is InChI=1S/C19H34N6O2S/c1-4-20-17(21-13-18(2,26)16-11-23-24(3)12-16)22-14-19(5-10-28-15-19)25-6-8-27-9-7-25/h11-12,26H,4-10,13-15H2,1-3H3,(H2,20,21,22). The second kappa shape index (κ2) is 9.47. The molecule has 1 aromatic heterocycles. The van der Waals surface area contributed by atoms with Crippen LogP contribution in [0, 0.1) is 0 Å². The molecule has 0 radical (unpaired) electrons. The summed E-state index contributed by atoms with van der Waals surface area (Å²) < 4.78 is 7.24. The highest BCUT2D eigenvalue weighted by atomic mass is 32.2. The van der Waals surface area contributed by atoms with Crippen LogP contribution in [0.2, 0.25) is 0 Å². The van der Waals surface area contributed by atoms with Gasteiger partial charge in [0.25, 0.3) is 0 Å². The summed E-state index contributed by atoms with van der Waals surface area (Å²) in [5.74, 6) is 3.08. The third-order valence-electron chi connectivity index (χ3n) is 5.57. The van der Waals surface area contributed by atoms with Gasteiger partial charge in [0.2, 0.25) is 0 Å². The topological polar surface area (TPSA) is 86.9 Å². The van der Waals surface area contributed by atoms with Gasteiger partial charge in [-0.3, -0.25) is 9.58 Å². The van der Waals surface area contributed by atoms with Crippen molar-refractivity contribution in [1.82, 2.24) is 25.3 Å². The van der Waals surface area contributed by atoms with Crippen LogP contribution in [0.1, 0.15) is 25.8 Å². The van der Waals surface area contributed by atoms with Crippen LogP contribution >= 0.6 is 11.8 Å². The molecule has 2 fully saturated rings. The largest absolute Gasteiger partial charge is 0.383 e. The van der Waals surface area contributed by atoms with Gasteiger partial charge in [-0.2, -0.15) is 16.9 Å². The Morgan fingerprint density at radius 1 is 1.43 bits per heavy atom. The van der Waals surface area contributed by atoms with Gasteiger partial charge >= 0.3 is 0 Å².